The van der Waals surface area contributed by atoms with Crippen molar-refractivity contribution >= 4 is 17.4 Å². The van der Waals surface area contributed by atoms with Gasteiger partial charge in [-0.2, -0.15) is 5.26 Å². The van der Waals surface area contributed by atoms with E-state index in [9.17, 15) is 4.79 Å². The van der Waals surface area contributed by atoms with E-state index < -0.39 is 0 Å². The van der Waals surface area contributed by atoms with E-state index >= 15 is 0 Å². The molecule has 4 heterocycles. The lowest BCUT2D eigenvalue weighted by Gasteiger charge is -2.33. The van der Waals surface area contributed by atoms with E-state index in [-0.39, 0.29) is 18.5 Å². The van der Waals surface area contributed by atoms with Gasteiger partial charge in [0.15, 0.2) is 5.82 Å². The summed E-state index contributed by atoms with van der Waals surface area (Å²) in [7, 11) is 0. The zero-order valence-electron chi connectivity index (χ0n) is 15.2. The lowest BCUT2D eigenvalue weighted by atomic mass is 10.1. The van der Waals surface area contributed by atoms with E-state index in [0.717, 1.165) is 25.0 Å². The zero-order chi connectivity index (χ0) is 19.5. The normalized spacial score (nSPS) is 16.7. The van der Waals surface area contributed by atoms with Crippen LogP contribution in [0.4, 0.5) is 5.82 Å². The summed E-state index contributed by atoms with van der Waals surface area (Å²) in [6.45, 7) is 1.38. The first kappa shape index (κ1) is 17.9. The van der Waals surface area contributed by atoms with Gasteiger partial charge in [-0.1, -0.05) is 0 Å². The maximum Gasteiger partial charge on any atom is 0.236 e. The first-order chi connectivity index (χ1) is 13.7. The Morgan fingerprint density at radius 3 is 3.07 bits per heavy atom. The number of nitrogens with two attached hydrogens (primary N) is 1. The van der Waals surface area contributed by atoms with Crippen molar-refractivity contribution in [1.82, 2.24) is 24.3 Å². The molecule has 1 aliphatic heterocycles. The number of aromatic nitrogens is 4. The van der Waals surface area contributed by atoms with Crippen LogP contribution in [0.3, 0.4) is 0 Å². The van der Waals surface area contributed by atoms with E-state index in [1.165, 1.54) is 0 Å². The molecule has 0 bridgehead atoms. The molecule has 1 saturated heterocycles. The maximum atomic E-state index is 11.9. The van der Waals surface area contributed by atoms with Crippen LogP contribution in [0.15, 0.2) is 36.8 Å². The van der Waals surface area contributed by atoms with Gasteiger partial charge in [0.1, 0.15) is 23.2 Å². The zero-order valence-corrected chi connectivity index (χ0v) is 15.2. The molecule has 0 unspecified atom stereocenters. The van der Waals surface area contributed by atoms with Gasteiger partial charge in [-0.05, 0) is 31.0 Å². The standard InChI is InChI=1S/C19H20N8O/c20-8-13-3-4-17-23-10-15(27(17)11-13)19-22-6-5-16(25-19)24-14-2-1-7-26(12-14)18(28)9-21/h3-6,10-11,14H,1-2,7,9,12,21H2,(H,22,24,25)/t14-/m1/s1. The van der Waals surface area contributed by atoms with Crippen LogP contribution in [-0.4, -0.2) is 55.8 Å². The molecule has 28 heavy (non-hydrogen) atoms. The monoisotopic (exact) mass is 376 g/mol. The molecule has 1 atom stereocenters. The topological polar surface area (TPSA) is 125 Å². The molecule has 3 N–H and O–H groups in total. The maximum absolute atomic E-state index is 11.9. The molecule has 0 aliphatic carbocycles. The van der Waals surface area contributed by atoms with E-state index in [1.807, 2.05) is 0 Å². The van der Waals surface area contributed by atoms with E-state index in [2.05, 4.69) is 26.3 Å². The lowest BCUT2D eigenvalue weighted by molar-refractivity contribution is -0.130. The number of imidazole rings is 1. The molecule has 3 aromatic rings. The number of amides is 1. The van der Waals surface area contributed by atoms with E-state index in [1.54, 1.807) is 46.1 Å². The van der Waals surface area contributed by atoms with Gasteiger partial charge in [0.2, 0.25) is 5.91 Å². The van der Waals surface area contributed by atoms with Crippen LogP contribution in [0.5, 0.6) is 0 Å². The van der Waals surface area contributed by atoms with Gasteiger partial charge in [-0.3, -0.25) is 9.20 Å². The van der Waals surface area contributed by atoms with Crippen molar-refractivity contribution in [2.45, 2.75) is 18.9 Å². The number of carbonyl (C=O) groups is 1. The van der Waals surface area contributed by atoms with E-state index in [4.69, 9.17) is 11.0 Å². The van der Waals surface area contributed by atoms with Gasteiger partial charge >= 0.3 is 0 Å². The summed E-state index contributed by atoms with van der Waals surface area (Å²) in [5, 5.41) is 12.5. The van der Waals surface area contributed by atoms with Crippen molar-refractivity contribution in [2.75, 3.05) is 25.0 Å². The molecule has 4 rings (SSSR count). The molecule has 0 aromatic carbocycles. The van der Waals surface area contributed by atoms with Crippen molar-refractivity contribution in [3.05, 3.63) is 42.4 Å². The number of rotatable bonds is 4. The number of nitriles is 1. The molecule has 3 aromatic heterocycles. The number of pyridine rings is 1. The molecule has 0 spiro atoms. The van der Waals surface area contributed by atoms with Crippen LogP contribution in [-0.2, 0) is 4.79 Å². The molecule has 9 nitrogen and oxygen atoms in total. The summed E-state index contributed by atoms with van der Waals surface area (Å²) in [6.07, 6.45) is 6.97. The van der Waals surface area contributed by atoms with Gasteiger partial charge in [-0.25, -0.2) is 15.0 Å². The molecular formula is C19H20N8O. The van der Waals surface area contributed by atoms with Crippen LogP contribution in [0, 0.1) is 11.3 Å². The molecule has 0 saturated carbocycles. The Bertz CT molecular complexity index is 1050. The van der Waals surface area contributed by atoms with Crippen LogP contribution in [0.2, 0.25) is 0 Å². The molecule has 142 valence electrons. The first-order valence-corrected chi connectivity index (χ1v) is 9.13. The van der Waals surface area contributed by atoms with Crippen LogP contribution < -0.4 is 11.1 Å². The second kappa shape index (κ2) is 7.62. The number of fused-ring (bicyclic) bond motifs is 1. The Morgan fingerprint density at radius 2 is 2.25 bits per heavy atom. The van der Waals surface area contributed by atoms with Crippen molar-refractivity contribution in [2.24, 2.45) is 5.73 Å². The van der Waals surface area contributed by atoms with Crippen molar-refractivity contribution in [1.29, 1.82) is 5.26 Å². The second-order valence-corrected chi connectivity index (χ2v) is 6.69. The summed E-state index contributed by atoms with van der Waals surface area (Å²) in [5.41, 5.74) is 7.44. The van der Waals surface area contributed by atoms with Crippen LogP contribution in [0.1, 0.15) is 18.4 Å². The average Bonchev–Trinajstić information content (AvgIpc) is 3.16. The highest BCUT2D eigenvalue weighted by Gasteiger charge is 2.23. The predicted octanol–water partition coefficient (Wildman–Crippen LogP) is 1.02. The number of nitrogens with zero attached hydrogens (tertiary/aromatic N) is 6. The Morgan fingerprint density at radius 1 is 1.36 bits per heavy atom. The van der Waals surface area contributed by atoms with E-state index in [0.29, 0.717) is 29.4 Å². The van der Waals surface area contributed by atoms with Crippen molar-refractivity contribution in [3.8, 4) is 17.6 Å². The van der Waals surface area contributed by atoms with Gasteiger partial charge in [0.25, 0.3) is 0 Å². The lowest BCUT2D eigenvalue weighted by Crippen LogP contribution is -2.47. The second-order valence-electron chi connectivity index (χ2n) is 6.69. The highest BCUT2D eigenvalue weighted by atomic mass is 16.2. The van der Waals surface area contributed by atoms with Crippen LogP contribution >= 0.6 is 0 Å². The summed E-state index contributed by atoms with van der Waals surface area (Å²) in [5.74, 6) is 1.16. The summed E-state index contributed by atoms with van der Waals surface area (Å²) < 4.78 is 1.81. The highest BCUT2D eigenvalue weighted by Crippen LogP contribution is 2.20. The van der Waals surface area contributed by atoms with Crippen molar-refractivity contribution in [3.63, 3.8) is 0 Å². The number of hydrogen-bond donors (Lipinski definition) is 2. The Kier molecular flexibility index (Phi) is 4.87. The number of likely N-dealkylation sites (tertiary alicyclic amines) is 1. The number of hydrogen-bond acceptors (Lipinski definition) is 7. The SMILES string of the molecule is N#Cc1ccc2ncc(-c3nccc(N[C@@H]4CCCN(C(=O)CN)C4)n3)n2c1. The van der Waals surface area contributed by atoms with Gasteiger partial charge in [-0.15, -0.1) is 0 Å². The molecule has 1 amide bonds. The quantitative estimate of drug-likeness (QED) is 0.696. The fourth-order valence-electron chi connectivity index (χ4n) is 3.43. The predicted molar refractivity (Wildman–Crippen MR) is 103 cm³/mol. The molecule has 1 aliphatic rings. The highest BCUT2D eigenvalue weighted by molar-refractivity contribution is 5.78. The molecule has 0 radical (unpaired) electrons. The fraction of sp³-hybridized carbons (Fsp3) is 0.316. The van der Waals surface area contributed by atoms with Gasteiger partial charge in [0.05, 0.1) is 18.3 Å². The molecule has 9 heteroatoms. The molecular weight excluding hydrogens is 356 g/mol. The van der Waals surface area contributed by atoms with Gasteiger partial charge in [0, 0.05) is 31.5 Å². The third-order valence-electron chi connectivity index (χ3n) is 4.82. The minimum Gasteiger partial charge on any atom is -0.365 e. The Labute approximate surface area is 161 Å². The largest absolute Gasteiger partial charge is 0.365 e. The average molecular weight is 376 g/mol. The summed E-state index contributed by atoms with van der Waals surface area (Å²) in [6, 6.07) is 7.55. The minimum atomic E-state index is -0.0334. The Hall–Kier alpha value is -3.51. The number of nitrogens with one attached hydrogen (secondary N) is 1. The van der Waals surface area contributed by atoms with Crippen molar-refractivity contribution < 1.29 is 4.79 Å². The number of piperidine rings is 1. The minimum absolute atomic E-state index is 0.0311. The van der Waals surface area contributed by atoms with Crippen LogP contribution in [0.25, 0.3) is 17.2 Å². The number of anilines is 1. The Balaban J connectivity index is 1.57. The first-order valence-electron chi connectivity index (χ1n) is 9.13. The molecule has 1 fully saturated rings. The number of carbonyl (C=O) groups excluding carboxylic acids is 1. The van der Waals surface area contributed by atoms with Gasteiger partial charge < -0.3 is 16.0 Å². The third kappa shape index (κ3) is 3.50. The third-order valence-corrected chi connectivity index (χ3v) is 4.82. The fourth-order valence-corrected chi connectivity index (χ4v) is 3.43. The summed E-state index contributed by atoms with van der Waals surface area (Å²) in [4.78, 5) is 27.0. The summed E-state index contributed by atoms with van der Waals surface area (Å²) >= 11 is 0. The smallest absolute Gasteiger partial charge is 0.236 e.